The minimum Gasteiger partial charge on any atom is -0.355 e. The van der Waals surface area contributed by atoms with Crippen LogP contribution in [0.15, 0.2) is 48.5 Å². The Labute approximate surface area is 152 Å². The summed E-state index contributed by atoms with van der Waals surface area (Å²) in [5, 5.41) is 5.67. The number of carbonyl (C=O) groups is 2. The Balaban J connectivity index is 1.51. The molecule has 2 N–H and O–H groups in total. The molecular formula is C21H23FN2O2. The van der Waals surface area contributed by atoms with Crippen LogP contribution in [0.3, 0.4) is 0 Å². The first-order valence-electron chi connectivity index (χ1n) is 8.87. The van der Waals surface area contributed by atoms with Gasteiger partial charge in [0.25, 0.3) is 0 Å². The van der Waals surface area contributed by atoms with Crippen molar-refractivity contribution in [3.8, 4) is 0 Å². The van der Waals surface area contributed by atoms with Crippen molar-refractivity contribution in [1.82, 2.24) is 10.6 Å². The summed E-state index contributed by atoms with van der Waals surface area (Å²) in [4.78, 5) is 25.0. The first kappa shape index (κ1) is 18.1. The molecule has 0 bridgehead atoms. The average Bonchev–Trinajstić information content (AvgIpc) is 3.44. The lowest BCUT2D eigenvalue weighted by atomic mass is 10.0. The van der Waals surface area contributed by atoms with Crippen LogP contribution >= 0.6 is 0 Å². The van der Waals surface area contributed by atoms with Crippen molar-refractivity contribution >= 4 is 11.8 Å². The lowest BCUT2D eigenvalue weighted by Gasteiger charge is -2.16. The van der Waals surface area contributed by atoms with Crippen LogP contribution in [0.25, 0.3) is 0 Å². The van der Waals surface area contributed by atoms with Gasteiger partial charge in [-0.15, -0.1) is 0 Å². The van der Waals surface area contributed by atoms with E-state index in [2.05, 4.69) is 10.6 Å². The van der Waals surface area contributed by atoms with Gasteiger partial charge in [0.2, 0.25) is 11.8 Å². The van der Waals surface area contributed by atoms with Crippen molar-refractivity contribution in [2.45, 2.75) is 32.7 Å². The molecule has 0 atom stereocenters. The predicted molar refractivity (Wildman–Crippen MR) is 97.8 cm³/mol. The molecule has 1 aliphatic carbocycles. The molecular weight excluding hydrogens is 331 g/mol. The van der Waals surface area contributed by atoms with E-state index < -0.39 is 5.41 Å². The Morgan fingerprint density at radius 2 is 1.58 bits per heavy atom. The minimum atomic E-state index is -0.960. The first-order chi connectivity index (χ1) is 12.5. The number of hydrogen-bond acceptors (Lipinski definition) is 2. The number of amides is 2. The van der Waals surface area contributed by atoms with Crippen molar-refractivity contribution in [3.63, 3.8) is 0 Å². The Morgan fingerprint density at radius 1 is 0.962 bits per heavy atom. The second kappa shape index (κ2) is 7.68. The quantitative estimate of drug-likeness (QED) is 0.751. The highest BCUT2D eigenvalue weighted by molar-refractivity contribution is 6.07. The first-order valence-corrected chi connectivity index (χ1v) is 8.87. The van der Waals surface area contributed by atoms with Gasteiger partial charge < -0.3 is 10.6 Å². The summed E-state index contributed by atoms with van der Waals surface area (Å²) < 4.78 is 13.6. The highest BCUT2D eigenvalue weighted by Gasteiger charge is 2.56. The van der Waals surface area contributed by atoms with Crippen LogP contribution in [-0.2, 0) is 22.6 Å². The molecule has 1 aliphatic rings. The largest absolute Gasteiger partial charge is 0.355 e. The zero-order valence-corrected chi connectivity index (χ0v) is 14.8. The van der Waals surface area contributed by atoms with E-state index in [1.54, 1.807) is 18.2 Å². The van der Waals surface area contributed by atoms with Crippen LogP contribution in [0.1, 0.15) is 29.5 Å². The molecule has 0 heterocycles. The monoisotopic (exact) mass is 354 g/mol. The van der Waals surface area contributed by atoms with Crippen molar-refractivity contribution < 1.29 is 14.0 Å². The Hall–Kier alpha value is -2.69. The van der Waals surface area contributed by atoms with Gasteiger partial charge in [-0.2, -0.15) is 0 Å². The summed E-state index contributed by atoms with van der Waals surface area (Å²) in [5.41, 5.74) is 1.74. The summed E-state index contributed by atoms with van der Waals surface area (Å²) in [5.74, 6) is -0.779. The third-order valence-corrected chi connectivity index (χ3v) is 4.96. The molecule has 0 unspecified atom stereocenters. The molecule has 3 rings (SSSR count). The fourth-order valence-corrected chi connectivity index (χ4v) is 3.02. The smallest absolute Gasteiger partial charge is 0.235 e. The van der Waals surface area contributed by atoms with Gasteiger partial charge in [0, 0.05) is 13.1 Å². The maximum Gasteiger partial charge on any atom is 0.235 e. The molecule has 0 spiro atoms. The molecule has 136 valence electrons. The molecule has 0 saturated heterocycles. The van der Waals surface area contributed by atoms with Crippen LogP contribution in [-0.4, -0.2) is 18.4 Å². The van der Waals surface area contributed by atoms with E-state index in [4.69, 9.17) is 0 Å². The van der Waals surface area contributed by atoms with Gasteiger partial charge in [0.15, 0.2) is 0 Å². The highest BCUT2D eigenvalue weighted by Crippen LogP contribution is 2.46. The molecule has 1 fully saturated rings. The number of halogens is 1. The van der Waals surface area contributed by atoms with Crippen molar-refractivity contribution in [2.24, 2.45) is 5.41 Å². The van der Waals surface area contributed by atoms with Crippen LogP contribution < -0.4 is 10.6 Å². The van der Waals surface area contributed by atoms with Gasteiger partial charge >= 0.3 is 0 Å². The average molecular weight is 354 g/mol. The number of aryl methyl sites for hydroxylation is 1. The molecule has 4 nitrogen and oxygen atoms in total. The van der Waals surface area contributed by atoms with E-state index in [0.29, 0.717) is 37.9 Å². The second-order valence-electron chi connectivity index (χ2n) is 6.79. The number of hydrogen-bond donors (Lipinski definition) is 2. The van der Waals surface area contributed by atoms with Crippen molar-refractivity contribution in [2.75, 3.05) is 6.54 Å². The Morgan fingerprint density at radius 3 is 2.23 bits per heavy atom. The second-order valence-corrected chi connectivity index (χ2v) is 6.79. The van der Waals surface area contributed by atoms with Crippen molar-refractivity contribution in [1.29, 1.82) is 0 Å². The number of carbonyl (C=O) groups excluding carboxylic acids is 2. The van der Waals surface area contributed by atoms with Gasteiger partial charge in [0.1, 0.15) is 11.2 Å². The lowest BCUT2D eigenvalue weighted by molar-refractivity contribution is -0.137. The summed E-state index contributed by atoms with van der Waals surface area (Å²) in [6, 6.07) is 14.3. The summed E-state index contributed by atoms with van der Waals surface area (Å²) in [6.45, 7) is 2.71. The molecule has 1 saturated carbocycles. The van der Waals surface area contributed by atoms with Gasteiger partial charge in [0.05, 0.1) is 0 Å². The zero-order chi connectivity index (χ0) is 18.6. The van der Waals surface area contributed by atoms with E-state index in [-0.39, 0.29) is 17.6 Å². The number of benzene rings is 2. The van der Waals surface area contributed by atoms with Crippen LogP contribution in [0.5, 0.6) is 0 Å². The summed E-state index contributed by atoms with van der Waals surface area (Å²) >= 11 is 0. The van der Waals surface area contributed by atoms with Crippen molar-refractivity contribution in [3.05, 3.63) is 71.0 Å². The topological polar surface area (TPSA) is 58.2 Å². The number of rotatable bonds is 7. The normalized spacial score (nSPS) is 14.5. The van der Waals surface area contributed by atoms with E-state index in [1.165, 1.54) is 6.07 Å². The minimum absolute atomic E-state index is 0.232. The molecule has 0 aliphatic heterocycles. The predicted octanol–water partition coefficient (Wildman–Crippen LogP) is 2.89. The van der Waals surface area contributed by atoms with Crippen LogP contribution in [0, 0.1) is 18.2 Å². The van der Waals surface area contributed by atoms with Crippen LogP contribution in [0.2, 0.25) is 0 Å². The lowest BCUT2D eigenvalue weighted by Crippen LogP contribution is -2.43. The molecule has 0 radical (unpaired) electrons. The van der Waals surface area contributed by atoms with Gasteiger partial charge in [-0.3, -0.25) is 9.59 Å². The molecule has 26 heavy (non-hydrogen) atoms. The Kier molecular flexibility index (Phi) is 5.35. The standard InChI is InChI=1S/C21H23FN2O2/c1-15-6-2-3-8-17(15)14-24-20(26)21(11-12-21)19(25)23-13-10-16-7-4-5-9-18(16)22/h2-9H,10-14H2,1H3,(H,23,25)(H,24,26). The summed E-state index contributed by atoms with van der Waals surface area (Å²) in [6.07, 6.45) is 1.51. The maximum atomic E-state index is 13.6. The summed E-state index contributed by atoms with van der Waals surface area (Å²) in [7, 11) is 0. The fourth-order valence-electron chi connectivity index (χ4n) is 3.02. The molecule has 0 aromatic heterocycles. The highest BCUT2D eigenvalue weighted by atomic mass is 19.1. The van der Waals surface area contributed by atoms with Gasteiger partial charge in [-0.1, -0.05) is 42.5 Å². The van der Waals surface area contributed by atoms with E-state index in [1.807, 2.05) is 31.2 Å². The number of nitrogens with one attached hydrogen (secondary N) is 2. The van der Waals surface area contributed by atoms with Gasteiger partial charge in [-0.25, -0.2) is 4.39 Å². The van der Waals surface area contributed by atoms with Crippen LogP contribution in [0.4, 0.5) is 4.39 Å². The van der Waals surface area contributed by atoms with E-state index in [0.717, 1.165) is 11.1 Å². The SMILES string of the molecule is Cc1ccccc1CNC(=O)C1(C(=O)NCCc2ccccc2F)CC1. The maximum absolute atomic E-state index is 13.6. The third-order valence-electron chi connectivity index (χ3n) is 4.96. The Bertz CT molecular complexity index is 815. The van der Waals surface area contributed by atoms with E-state index >= 15 is 0 Å². The van der Waals surface area contributed by atoms with Gasteiger partial charge in [-0.05, 0) is 48.9 Å². The zero-order valence-electron chi connectivity index (χ0n) is 14.8. The van der Waals surface area contributed by atoms with E-state index in [9.17, 15) is 14.0 Å². The fraction of sp³-hybridized carbons (Fsp3) is 0.333. The molecule has 2 amide bonds. The molecule has 2 aromatic rings. The molecule has 2 aromatic carbocycles. The molecule has 5 heteroatoms. The third kappa shape index (κ3) is 3.93.